The van der Waals surface area contributed by atoms with Crippen LogP contribution in [0, 0.1) is 40.9 Å². The molecule has 0 aromatic heterocycles. The average molecular weight is 328 g/mol. The number of carbonyl (C=O) groups excluding carboxylic acids is 1. The molecule has 0 heterocycles. The quantitative estimate of drug-likeness (QED) is 0.531. The second-order valence-corrected chi connectivity index (χ2v) is 9.10. The largest absolute Gasteiger partial charge is 0.389 e. The zero-order valence-electron chi connectivity index (χ0n) is 14.7. The molecule has 0 amide bonds. The number of Topliss-reactive ketones (excluding diaryl/α,β-unsaturated/α-hetero) is 1. The third-order valence-electron chi connectivity index (χ3n) is 8.30. The summed E-state index contributed by atoms with van der Waals surface area (Å²) in [5.41, 5.74) is -0.232. The molecule has 4 aliphatic carbocycles. The van der Waals surface area contributed by atoms with Gasteiger partial charge in [0, 0.05) is 17.8 Å². The summed E-state index contributed by atoms with van der Waals surface area (Å²) < 4.78 is 0. The van der Waals surface area contributed by atoms with E-state index in [-0.39, 0.29) is 22.7 Å². The van der Waals surface area contributed by atoms with E-state index < -0.39 is 11.7 Å². The van der Waals surface area contributed by atoms with Crippen LogP contribution in [0.4, 0.5) is 0 Å². The monoisotopic (exact) mass is 328 g/mol. The van der Waals surface area contributed by atoms with Gasteiger partial charge in [-0.25, -0.2) is 0 Å². The Balaban J connectivity index is 1.75. The lowest BCUT2D eigenvalue weighted by atomic mass is 9.46. The van der Waals surface area contributed by atoms with Gasteiger partial charge in [-0.2, -0.15) is 0 Å². The van der Waals surface area contributed by atoms with Crippen LogP contribution in [0.3, 0.4) is 0 Å². The molecule has 7 atom stereocenters. The van der Waals surface area contributed by atoms with Gasteiger partial charge in [0.1, 0.15) is 11.4 Å². The van der Waals surface area contributed by atoms with E-state index in [4.69, 9.17) is 6.42 Å². The van der Waals surface area contributed by atoms with Gasteiger partial charge in [0.25, 0.3) is 0 Å². The minimum atomic E-state index is -1.07. The molecule has 2 N–H and O–H groups in total. The minimum Gasteiger partial charge on any atom is -0.389 e. The molecule has 3 nitrogen and oxygen atoms in total. The molecule has 4 aliphatic rings. The van der Waals surface area contributed by atoms with Gasteiger partial charge in [-0.05, 0) is 55.8 Å². The Labute approximate surface area is 144 Å². The summed E-state index contributed by atoms with van der Waals surface area (Å²) in [6.07, 6.45) is 12.7. The summed E-state index contributed by atoms with van der Waals surface area (Å²) in [4.78, 5) is 13.1. The molecule has 0 unspecified atom stereocenters. The number of terminal acetylenes is 1. The first kappa shape index (κ1) is 16.4. The molecule has 130 valence electrons. The fraction of sp³-hybridized carbons (Fsp3) is 0.762. The number of allylic oxidation sites excluding steroid dienone is 1. The van der Waals surface area contributed by atoms with Gasteiger partial charge >= 0.3 is 0 Å². The second-order valence-electron chi connectivity index (χ2n) is 9.10. The average Bonchev–Trinajstić information content (AvgIpc) is 2.82. The lowest BCUT2D eigenvalue weighted by Gasteiger charge is -2.58. The van der Waals surface area contributed by atoms with Gasteiger partial charge in [0.15, 0.2) is 0 Å². The van der Waals surface area contributed by atoms with Gasteiger partial charge in [-0.1, -0.05) is 31.4 Å². The molecular formula is C21H28O3. The molecular weight excluding hydrogens is 300 g/mol. The first-order chi connectivity index (χ1) is 11.2. The number of aliphatic hydroxyl groups excluding tert-OH is 1. The predicted octanol–water partition coefficient (Wildman–Crippen LogP) is 2.85. The highest BCUT2D eigenvalue weighted by molar-refractivity contribution is 5.86. The van der Waals surface area contributed by atoms with Crippen molar-refractivity contribution in [3.05, 3.63) is 11.6 Å². The van der Waals surface area contributed by atoms with Crippen LogP contribution in [-0.4, -0.2) is 27.7 Å². The van der Waals surface area contributed by atoms with Crippen LogP contribution in [0.25, 0.3) is 0 Å². The molecule has 0 saturated heterocycles. The Morgan fingerprint density at radius 2 is 1.88 bits per heavy atom. The van der Waals surface area contributed by atoms with Crippen LogP contribution in [0.2, 0.25) is 0 Å². The van der Waals surface area contributed by atoms with Crippen molar-refractivity contribution < 1.29 is 15.0 Å². The van der Waals surface area contributed by atoms with E-state index in [2.05, 4.69) is 19.8 Å². The highest BCUT2D eigenvalue weighted by Gasteiger charge is 2.65. The molecule has 3 saturated carbocycles. The lowest BCUT2D eigenvalue weighted by molar-refractivity contribution is -0.145. The Kier molecular flexibility index (Phi) is 3.38. The van der Waals surface area contributed by atoms with Crippen LogP contribution < -0.4 is 0 Å². The summed E-state index contributed by atoms with van der Waals surface area (Å²) >= 11 is 0. The Hall–Kier alpha value is -1.11. The van der Waals surface area contributed by atoms with E-state index >= 15 is 0 Å². The second kappa shape index (κ2) is 4.96. The van der Waals surface area contributed by atoms with Gasteiger partial charge < -0.3 is 10.2 Å². The third-order valence-corrected chi connectivity index (χ3v) is 8.30. The SMILES string of the molecule is C#C[C@]1(O)CC[C@H]2[C@@H]3C(=O)CC4=C[C@@H](O)CC[C@]4(C)[C@H]3CC[C@@]21C. The molecule has 24 heavy (non-hydrogen) atoms. The highest BCUT2D eigenvalue weighted by Crippen LogP contribution is 2.66. The Bertz CT molecular complexity index is 658. The van der Waals surface area contributed by atoms with Crippen molar-refractivity contribution in [1.29, 1.82) is 0 Å². The molecule has 0 radical (unpaired) electrons. The summed E-state index contributed by atoms with van der Waals surface area (Å²) in [5, 5.41) is 21.0. The third kappa shape index (κ3) is 1.85. The van der Waals surface area contributed by atoms with E-state index in [1.54, 1.807) is 0 Å². The molecule has 4 rings (SSSR count). The van der Waals surface area contributed by atoms with E-state index in [1.807, 2.05) is 6.08 Å². The van der Waals surface area contributed by atoms with Gasteiger partial charge in [0.05, 0.1) is 6.10 Å². The molecule has 3 fully saturated rings. The maximum Gasteiger partial charge on any atom is 0.140 e. The maximum absolute atomic E-state index is 13.1. The maximum atomic E-state index is 13.1. The van der Waals surface area contributed by atoms with Gasteiger partial charge in [-0.15, -0.1) is 6.42 Å². The molecule has 0 spiro atoms. The van der Waals surface area contributed by atoms with Crippen molar-refractivity contribution >= 4 is 5.78 Å². The topological polar surface area (TPSA) is 57.5 Å². The standard InChI is InChI=1S/C21H28O3/c1-4-21(24)10-7-16-18-15(6-9-20(16,21)3)19(2)8-5-14(22)11-13(19)12-17(18)23/h1,11,14-16,18,22,24H,5-10,12H2,2-3H3/t14-,15-,16-,18+,19-,20-,21-/m0/s1. The van der Waals surface area contributed by atoms with Crippen LogP contribution >= 0.6 is 0 Å². The number of hydrogen-bond acceptors (Lipinski definition) is 3. The smallest absolute Gasteiger partial charge is 0.140 e. The van der Waals surface area contributed by atoms with Crippen molar-refractivity contribution in [3.63, 3.8) is 0 Å². The summed E-state index contributed by atoms with van der Waals surface area (Å²) in [6.45, 7) is 4.39. The number of ketones is 1. The number of rotatable bonds is 0. The summed E-state index contributed by atoms with van der Waals surface area (Å²) in [7, 11) is 0. The molecule has 0 bridgehead atoms. The van der Waals surface area contributed by atoms with Crippen LogP contribution in [-0.2, 0) is 4.79 Å². The molecule has 0 aliphatic heterocycles. The number of aliphatic hydroxyl groups is 2. The minimum absolute atomic E-state index is 0.0171. The fourth-order valence-electron chi connectivity index (χ4n) is 6.66. The van der Waals surface area contributed by atoms with Crippen molar-refractivity contribution in [3.8, 4) is 12.3 Å². The Morgan fingerprint density at radius 1 is 1.17 bits per heavy atom. The van der Waals surface area contributed by atoms with E-state index in [0.717, 1.165) is 37.7 Å². The summed E-state index contributed by atoms with van der Waals surface area (Å²) in [6, 6.07) is 0. The normalized spacial score (nSPS) is 53.5. The van der Waals surface area contributed by atoms with Crippen molar-refractivity contribution in [2.24, 2.45) is 28.6 Å². The first-order valence-corrected chi connectivity index (χ1v) is 9.37. The zero-order chi connectivity index (χ0) is 17.3. The Morgan fingerprint density at radius 3 is 2.58 bits per heavy atom. The summed E-state index contributed by atoms with van der Waals surface area (Å²) in [5.74, 6) is 3.50. The number of hydrogen-bond donors (Lipinski definition) is 2. The van der Waals surface area contributed by atoms with E-state index in [9.17, 15) is 15.0 Å². The molecule has 0 aromatic rings. The van der Waals surface area contributed by atoms with Crippen molar-refractivity contribution in [2.75, 3.05) is 0 Å². The van der Waals surface area contributed by atoms with Crippen LogP contribution in [0.15, 0.2) is 11.6 Å². The van der Waals surface area contributed by atoms with Gasteiger partial charge in [-0.3, -0.25) is 4.79 Å². The zero-order valence-corrected chi connectivity index (χ0v) is 14.7. The lowest BCUT2D eigenvalue weighted by Crippen LogP contribution is -2.57. The van der Waals surface area contributed by atoms with Crippen molar-refractivity contribution in [2.45, 2.75) is 70.5 Å². The van der Waals surface area contributed by atoms with E-state index in [0.29, 0.717) is 24.5 Å². The van der Waals surface area contributed by atoms with Gasteiger partial charge in [0.2, 0.25) is 0 Å². The molecule has 3 heteroatoms. The van der Waals surface area contributed by atoms with Crippen LogP contribution in [0.5, 0.6) is 0 Å². The van der Waals surface area contributed by atoms with Crippen molar-refractivity contribution in [1.82, 2.24) is 0 Å². The number of carbonyl (C=O) groups is 1. The molecule has 0 aromatic carbocycles. The predicted molar refractivity (Wildman–Crippen MR) is 91.9 cm³/mol. The van der Waals surface area contributed by atoms with Crippen LogP contribution in [0.1, 0.15) is 58.8 Å². The fourth-order valence-corrected chi connectivity index (χ4v) is 6.66. The highest BCUT2D eigenvalue weighted by atomic mass is 16.3. The van der Waals surface area contributed by atoms with E-state index in [1.165, 1.54) is 0 Å². The first-order valence-electron chi connectivity index (χ1n) is 9.37. The number of fused-ring (bicyclic) bond motifs is 5.